The lowest BCUT2D eigenvalue weighted by Crippen LogP contribution is -2.09. The molecule has 1 heterocycles. The van der Waals surface area contributed by atoms with Crippen LogP contribution in [-0.2, 0) is 4.74 Å². The maximum absolute atomic E-state index is 10.3. The van der Waals surface area contributed by atoms with Gasteiger partial charge in [-0.05, 0) is 13.8 Å². The van der Waals surface area contributed by atoms with E-state index in [0.29, 0.717) is 12.2 Å². The zero-order chi connectivity index (χ0) is 8.97. The van der Waals surface area contributed by atoms with E-state index in [1.54, 1.807) is 10.9 Å². The van der Waals surface area contributed by atoms with Crippen LogP contribution in [-0.4, -0.2) is 22.7 Å². The molecule has 0 aromatic carbocycles. The standard InChI is InChI=1S/C8H12N2O2/c1-3-12-7(2)10-5-8(6-11)4-9-10/h4-7H,3H2,1-2H3. The molecule has 0 aliphatic heterocycles. The van der Waals surface area contributed by atoms with Crippen LogP contribution in [0.1, 0.15) is 30.4 Å². The van der Waals surface area contributed by atoms with E-state index in [2.05, 4.69) is 5.10 Å². The monoisotopic (exact) mass is 168 g/mol. The molecule has 1 unspecified atom stereocenters. The van der Waals surface area contributed by atoms with Gasteiger partial charge in [0.15, 0.2) is 6.29 Å². The summed E-state index contributed by atoms with van der Waals surface area (Å²) in [5, 5.41) is 3.97. The van der Waals surface area contributed by atoms with E-state index in [9.17, 15) is 4.79 Å². The van der Waals surface area contributed by atoms with E-state index in [-0.39, 0.29) is 6.23 Å². The van der Waals surface area contributed by atoms with Crippen molar-refractivity contribution in [3.63, 3.8) is 0 Å². The highest BCUT2D eigenvalue weighted by Gasteiger charge is 2.04. The smallest absolute Gasteiger partial charge is 0.153 e. The van der Waals surface area contributed by atoms with Crippen molar-refractivity contribution in [1.82, 2.24) is 9.78 Å². The van der Waals surface area contributed by atoms with Gasteiger partial charge >= 0.3 is 0 Å². The van der Waals surface area contributed by atoms with Crippen LogP contribution in [0.3, 0.4) is 0 Å². The highest BCUT2D eigenvalue weighted by Crippen LogP contribution is 2.06. The summed E-state index contributed by atoms with van der Waals surface area (Å²) in [6.07, 6.45) is 3.83. The fourth-order valence-corrected chi connectivity index (χ4v) is 0.930. The van der Waals surface area contributed by atoms with E-state index in [4.69, 9.17) is 4.74 Å². The van der Waals surface area contributed by atoms with Crippen LogP contribution in [0.25, 0.3) is 0 Å². The van der Waals surface area contributed by atoms with Gasteiger partial charge in [0.2, 0.25) is 0 Å². The summed E-state index contributed by atoms with van der Waals surface area (Å²) in [4.78, 5) is 10.3. The lowest BCUT2D eigenvalue weighted by molar-refractivity contribution is 0.0159. The van der Waals surface area contributed by atoms with E-state index < -0.39 is 0 Å². The van der Waals surface area contributed by atoms with Crippen molar-refractivity contribution in [3.8, 4) is 0 Å². The molecule has 0 bridgehead atoms. The minimum atomic E-state index is -0.108. The number of rotatable bonds is 4. The highest BCUT2D eigenvalue weighted by atomic mass is 16.5. The first-order chi connectivity index (χ1) is 5.77. The molecule has 0 saturated carbocycles. The summed E-state index contributed by atoms with van der Waals surface area (Å²) >= 11 is 0. The van der Waals surface area contributed by atoms with Gasteiger partial charge in [0.25, 0.3) is 0 Å². The Morgan fingerprint density at radius 2 is 2.58 bits per heavy atom. The van der Waals surface area contributed by atoms with Crippen LogP contribution >= 0.6 is 0 Å². The Kier molecular flexibility index (Phi) is 2.99. The van der Waals surface area contributed by atoms with Crippen LogP contribution < -0.4 is 0 Å². The molecule has 0 fully saturated rings. The summed E-state index contributed by atoms with van der Waals surface area (Å²) in [5.74, 6) is 0. The lowest BCUT2D eigenvalue weighted by atomic mass is 10.4. The van der Waals surface area contributed by atoms with E-state index in [1.807, 2.05) is 13.8 Å². The molecule has 4 nitrogen and oxygen atoms in total. The second kappa shape index (κ2) is 4.01. The third-order valence-electron chi connectivity index (χ3n) is 1.54. The van der Waals surface area contributed by atoms with Gasteiger partial charge in [0, 0.05) is 12.8 Å². The van der Waals surface area contributed by atoms with Gasteiger partial charge in [0.05, 0.1) is 11.8 Å². The minimum Gasteiger partial charge on any atom is -0.357 e. The van der Waals surface area contributed by atoms with Gasteiger partial charge in [-0.3, -0.25) is 4.79 Å². The number of ether oxygens (including phenoxy) is 1. The lowest BCUT2D eigenvalue weighted by Gasteiger charge is -2.10. The minimum absolute atomic E-state index is 0.108. The quantitative estimate of drug-likeness (QED) is 0.635. The Hall–Kier alpha value is -1.16. The molecular formula is C8H12N2O2. The van der Waals surface area contributed by atoms with Crippen molar-refractivity contribution in [3.05, 3.63) is 18.0 Å². The van der Waals surface area contributed by atoms with Crippen LogP contribution in [0.2, 0.25) is 0 Å². The first kappa shape index (κ1) is 8.93. The summed E-state index contributed by atoms with van der Waals surface area (Å²) < 4.78 is 6.89. The maximum atomic E-state index is 10.3. The Morgan fingerprint density at radius 3 is 3.08 bits per heavy atom. The number of carbonyl (C=O) groups excluding carboxylic acids is 1. The van der Waals surface area contributed by atoms with Crippen molar-refractivity contribution in [1.29, 1.82) is 0 Å². The topological polar surface area (TPSA) is 44.1 Å². The molecule has 0 aliphatic carbocycles. The van der Waals surface area contributed by atoms with Crippen molar-refractivity contribution in [2.24, 2.45) is 0 Å². The van der Waals surface area contributed by atoms with E-state index in [1.165, 1.54) is 6.20 Å². The molecular weight excluding hydrogens is 156 g/mol. The van der Waals surface area contributed by atoms with Crippen LogP contribution in [0.4, 0.5) is 0 Å². The summed E-state index contributed by atoms with van der Waals surface area (Å²) in [5.41, 5.74) is 0.571. The normalized spacial score (nSPS) is 12.8. The molecule has 66 valence electrons. The molecule has 0 N–H and O–H groups in total. The van der Waals surface area contributed by atoms with E-state index in [0.717, 1.165) is 6.29 Å². The number of carbonyl (C=O) groups is 1. The van der Waals surface area contributed by atoms with Crippen molar-refractivity contribution in [2.45, 2.75) is 20.1 Å². The van der Waals surface area contributed by atoms with Crippen molar-refractivity contribution >= 4 is 6.29 Å². The van der Waals surface area contributed by atoms with Gasteiger partial charge in [-0.15, -0.1) is 0 Å². The molecule has 1 aromatic rings. The average Bonchev–Trinajstić information content (AvgIpc) is 2.52. The summed E-state index contributed by atoms with van der Waals surface area (Å²) in [6, 6.07) is 0. The van der Waals surface area contributed by atoms with Gasteiger partial charge in [-0.2, -0.15) is 5.10 Å². The van der Waals surface area contributed by atoms with Gasteiger partial charge < -0.3 is 4.74 Å². The largest absolute Gasteiger partial charge is 0.357 e. The first-order valence-electron chi connectivity index (χ1n) is 3.89. The predicted octanol–water partition coefficient (Wildman–Crippen LogP) is 1.25. The summed E-state index contributed by atoms with van der Waals surface area (Å²) in [6.45, 7) is 4.43. The first-order valence-corrected chi connectivity index (χ1v) is 3.89. The zero-order valence-corrected chi connectivity index (χ0v) is 7.23. The molecule has 0 spiro atoms. The predicted molar refractivity (Wildman–Crippen MR) is 44.0 cm³/mol. The van der Waals surface area contributed by atoms with Crippen molar-refractivity contribution < 1.29 is 9.53 Å². The molecule has 0 saturated heterocycles. The second-order valence-electron chi connectivity index (χ2n) is 2.43. The Morgan fingerprint density at radius 1 is 1.83 bits per heavy atom. The van der Waals surface area contributed by atoms with Crippen molar-refractivity contribution in [2.75, 3.05) is 6.61 Å². The average molecular weight is 168 g/mol. The molecule has 0 aliphatic rings. The van der Waals surface area contributed by atoms with Gasteiger partial charge in [-0.1, -0.05) is 0 Å². The molecule has 1 rings (SSSR count). The van der Waals surface area contributed by atoms with Gasteiger partial charge in [-0.25, -0.2) is 4.68 Å². The van der Waals surface area contributed by atoms with Crippen LogP contribution in [0, 0.1) is 0 Å². The number of aromatic nitrogens is 2. The fourth-order valence-electron chi connectivity index (χ4n) is 0.930. The Labute approximate surface area is 71.1 Å². The fraction of sp³-hybridized carbons (Fsp3) is 0.500. The molecule has 1 atom stereocenters. The highest BCUT2D eigenvalue weighted by molar-refractivity contribution is 5.73. The van der Waals surface area contributed by atoms with Crippen LogP contribution in [0.15, 0.2) is 12.4 Å². The number of hydrogen-bond acceptors (Lipinski definition) is 3. The number of aldehydes is 1. The molecule has 0 radical (unpaired) electrons. The van der Waals surface area contributed by atoms with E-state index >= 15 is 0 Å². The zero-order valence-electron chi connectivity index (χ0n) is 7.23. The third-order valence-corrected chi connectivity index (χ3v) is 1.54. The third kappa shape index (κ3) is 1.92. The SMILES string of the molecule is CCOC(C)n1cc(C=O)cn1. The maximum Gasteiger partial charge on any atom is 0.153 e. The molecule has 4 heteroatoms. The summed E-state index contributed by atoms with van der Waals surface area (Å²) in [7, 11) is 0. The molecule has 1 aromatic heterocycles. The Balaban J connectivity index is 2.67. The molecule has 0 amide bonds. The molecule has 12 heavy (non-hydrogen) atoms. The van der Waals surface area contributed by atoms with Crippen LogP contribution in [0.5, 0.6) is 0 Å². The number of hydrogen-bond donors (Lipinski definition) is 0. The Bertz CT molecular complexity index is 257. The second-order valence-corrected chi connectivity index (χ2v) is 2.43. The van der Waals surface area contributed by atoms with Gasteiger partial charge in [0.1, 0.15) is 6.23 Å². The number of nitrogens with zero attached hydrogens (tertiary/aromatic N) is 2.